The number of halogens is 3. The number of rotatable bonds is 3. The molecule has 1 saturated carbocycles. The summed E-state index contributed by atoms with van der Waals surface area (Å²) < 4.78 is 38.2. The third kappa shape index (κ3) is 2.18. The van der Waals surface area contributed by atoms with Crippen LogP contribution in [0.5, 0.6) is 0 Å². The molecule has 0 saturated heterocycles. The van der Waals surface area contributed by atoms with Crippen molar-refractivity contribution in [3.8, 4) is 6.07 Å². The predicted octanol–water partition coefficient (Wildman–Crippen LogP) is 2.60. The van der Waals surface area contributed by atoms with Crippen molar-refractivity contribution in [1.29, 1.82) is 5.26 Å². The largest absolute Gasteiger partial charge is 0.419 e. The molecule has 16 heavy (non-hydrogen) atoms. The van der Waals surface area contributed by atoms with Crippen LogP contribution >= 0.6 is 0 Å². The van der Waals surface area contributed by atoms with Crippen molar-refractivity contribution in [3.05, 3.63) is 18.0 Å². The van der Waals surface area contributed by atoms with Gasteiger partial charge in [0, 0.05) is 24.6 Å². The molecule has 0 radical (unpaired) electrons. The molecule has 0 bridgehead atoms. The van der Waals surface area contributed by atoms with E-state index in [1.807, 2.05) is 0 Å². The van der Waals surface area contributed by atoms with Gasteiger partial charge in [0.2, 0.25) is 0 Å². The highest BCUT2D eigenvalue weighted by Crippen LogP contribution is 2.49. The Bertz CT molecular complexity index is 423. The summed E-state index contributed by atoms with van der Waals surface area (Å²) >= 11 is 0. The standard InChI is InChI=1S/C10H10F3N3/c11-10(12,13)8-5-15-16(6-8)7-9(1-2-9)3-4-14/h5-6H,1-3,7H2. The molecule has 0 spiro atoms. The molecule has 1 aliphatic rings. The van der Waals surface area contributed by atoms with Gasteiger partial charge < -0.3 is 0 Å². The average molecular weight is 229 g/mol. The van der Waals surface area contributed by atoms with Crippen LogP contribution < -0.4 is 0 Å². The molecular formula is C10H10F3N3. The monoisotopic (exact) mass is 229 g/mol. The zero-order valence-corrected chi connectivity index (χ0v) is 8.46. The Balaban J connectivity index is 2.07. The lowest BCUT2D eigenvalue weighted by Crippen LogP contribution is -2.11. The van der Waals surface area contributed by atoms with Gasteiger partial charge in [0.05, 0.1) is 17.8 Å². The maximum Gasteiger partial charge on any atom is 0.419 e. The Morgan fingerprint density at radius 2 is 2.19 bits per heavy atom. The molecule has 2 rings (SSSR count). The van der Waals surface area contributed by atoms with Gasteiger partial charge in [-0.3, -0.25) is 4.68 Å². The Morgan fingerprint density at radius 3 is 2.62 bits per heavy atom. The van der Waals surface area contributed by atoms with Crippen molar-refractivity contribution < 1.29 is 13.2 Å². The van der Waals surface area contributed by atoms with E-state index < -0.39 is 11.7 Å². The van der Waals surface area contributed by atoms with Gasteiger partial charge in [0.1, 0.15) is 0 Å². The fraction of sp³-hybridized carbons (Fsp3) is 0.600. The SMILES string of the molecule is N#CCC1(Cn2cc(C(F)(F)F)cn2)CC1. The molecule has 1 heterocycles. The maximum absolute atomic E-state index is 12.3. The second-order valence-electron chi connectivity index (χ2n) is 4.26. The summed E-state index contributed by atoms with van der Waals surface area (Å²) in [5.74, 6) is 0. The first kappa shape index (κ1) is 11.0. The molecule has 0 aromatic carbocycles. The normalized spacial score (nSPS) is 18.1. The Labute approximate surface area is 90.5 Å². The third-order valence-corrected chi connectivity index (χ3v) is 2.87. The summed E-state index contributed by atoms with van der Waals surface area (Å²) in [6, 6.07) is 2.06. The van der Waals surface area contributed by atoms with Crippen LogP contribution in [0, 0.1) is 16.7 Å². The lowest BCUT2D eigenvalue weighted by atomic mass is 10.0. The molecule has 0 N–H and O–H groups in total. The van der Waals surface area contributed by atoms with Crippen LogP contribution in [0.15, 0.2) is 12.4 Å². The number of nitriles is 1. The fourth-order valence-electron chi connectivity index (χ4n) is 1.68. The lowest BCUT2D eigenvalue weighted by molar-refractivity contribution is -0.137. The van der Waals surface area contributed by atoms with Gasteiger partial charge in [-0.25, -0.2) is 0 Å². The van der Waals surface area contributed by atoms with Crippen LogP contribution in [0.4, 0.5) is 13.2 Å². The zero-order chi connectivity index (χ0) is 11.8. The van der Waals surface area contributed by atoms with Crippen molar-refractivity contribution in [1.82, 2.24) is 9.78 Å². The minimum Gasteiger partial charge on any atom is -0.272 e. The molecule has 1 aromatic heterocycles. The molecule has 3 nitrogen and oxygen atoms in total. The smallest absolute Gasteiger partial charge is 0.272 e. The zero-order valence-electron chi connectivity index (χ0n) is 8.46. The minimum absolute atomic E-state index is 0.135. The molecule has 6 heteroatoms. The van der Waals surface area contributed by atoms with E-state index in [1.165, 1.54) is 4.68 Å². The summed E-state index contributed by atoms with van der Waals surface area (Å²) in [6.07, 6.45) is -0.359. The second kappa shape index (κ2) is 3.51. The molecule has 1 aromatic rings. The Morgan fingerprint density at radius 1 is 1.50 bits per heavy atom. The van der Waals surface area contributed by atoms with Gasteiger partial charge in [-0.1, -0.05) is 0 Å². The van der Waals surface area contributed by atoms with E-state index in [-0.39, 0.29) is 5.41 Å². The highest BCUT2D eigenvalue weighted by atomic mass is 19.4. The van der Waals surface area contributed by atoms with Crippen LogP contribution in [0.25, 0.3) is 0 Å². The van der Waals surface area contributed by atoms with E-state index in [0.29, 0.717) is 13.0 Å². The van der Waals surface area contributed by atoms with Gasteiger partial charge in [-0.05, 0) is 12.8 Å². The molecule has 1 fully saturated rings. The quantitative estimate of drug-likeness (QED) is 0.799. The Hall–Kier alpha value is -1.51. The summed E-state index contributed by atoms with van der Waals surface area (Å²) in [7, 11) is 0. The lowest BCUT2D eigenvalue weighted by Gasteiger charge is -2.10. The van der Waals surface area contributed by atoms with E-state index in [4.69, 9.17) is 5.26 Å². The van der Waals surface area contributed by atoms with E-state index in [2.05, 4.69) is 11.2 Å². The van der Waals surface area contributed by atoms with Crippen LogP contribution in [0.1, 0.15) is 24.8 Å². The van der Waals surface area contributed by atoms with Crippen LogP contribution in [-0.2, 0) is 12.7 Å². The first-order valence-corrected chi connectivity index (χ1v) is 4.92. The molecule has 0 unspecified atom stereocenters. The van der Waals surface area contributed by atoms with E-state index in [1.54, 1.807) is 0 Å². The van der Waals surface area contributed by atoms with Gasteiger partial charge in [0.15, 0.2) is 0 Å². The number of nitrogens with zero attached hydrogens (tertiary/aromatic N) is 3. The Kier molecular flexibility index (Phi) is 2.41. The van der Waals surface area contributed by atoms with Gasteiger partial charge >= 0.3 is 6.18 Å². The summed E-state index contributed by atoms with van der Waals surface area (Å²) in [6.45, 7) is 0.399. The summed E-state index contributed by atoms with van der Waals surface area (Å²) in [4.78, 5) is 0. The van der Waals surface area contributed by atoms with Gasteiger partial charge in [0.25, 0.3) is 0 Å². The van der Waals surface area contributed by atoms with Crippen molar-refractivity contribution in [2.75, 3.05) is 0 Å². The minimum atomic E-state index is -4.34. The number of hydrogen-bond donors (Lipinski definition) is 0. The van der Waals surface area contributed by atoms with Crippen LogP contribution in [0.3, 0.4) is 0 Å². The predicted molar refractivity (Wildman–Crippen MR) is 49.1 cm³/mol. The molecular weight excluding hydrogens is 219 g/mol. The van der Waals surface area contributed by atoms with Crippen LogP contribution in [-0.4, -0.2) is 9.78 Å². The van der Waals surface area contributed by atoms with Gasteiger partial charge in [-0.2, -0.15) is 23.5 Å². The van der Waals surface area contributed by atoms with Crippen LogP contribution in [0.2, 0.25) is 0 Å². The summed E-state index contributed by atoms with van der Waals surface area (Å²) in [5.41, 5.74) is -0.871. The third-order valence-electron chi connectivity index (χ3n) is 2.87. The average Bonchev–Trinajstić information content (AvgIpc) is 2.75. The molecule has 0 atom stereocenters. The number of hydrogen-bond acceptors (Lipinski definition) is 2. The van der Waals surface area contributed by atoms with Crippen molar-refractivity contribution in [3.63, 3.8) is 0 Å². The second-order valence-corrected chi connectivity index (χ2v) is 4.26. The van der Waals surface area contributed by atoms with E-state index in [0.717, 1.165) is 25.2 Å². The van der Waals surface area contributed by atoms with Crippen molar-refractivity contribution in [2.24, 2.45) is 5.41 Å². The summed E-state index contributed by atoms with van der Waals surface area (Å²) in [5, 5.41) is 12.3. The van der Waals surface area contributed by atoms with Gasteiger partial charge in [-0.15, -0.1) is 0 Å². The van der Waals surface area contributed by atoms with E-state index >= 15 is 0 Å². The van der Waals surface area contributed by atoms with E-state index in [9.17, 15) is 13.2 Å². The maximum atomic E-state index is 12.3. The molecule has 86 valence electrons. The highest BCUT2D eigenvalue weighted by Gasteiger charge is 2.43. The number of alkyl halides is 3. The molecule has 0 amide bonds. The molecule has 1 aliphatic carbocycles. The topological polar surface area (TPSA) is 41.6 Å². The van der Waals surface area contributed by atoms with Crippen molar-refractivity contribution >= 4 is 0 Å². The fourth-order valence-corrected chi connectivity index (χ4v) is 1.68. The number of aromatic nitrogens is 2. The first-order valence-electron chi connectivity index (χ1n) is 4.92. The first-order chi connectivity index (χ1) is 7.45. The van der Waals surface area contributed by atoms with Crippen molar-refractivity contribution in [2.45, 2.75) is 32.0 Å². The highest BCUT2D eigenvalue weighted by molar-refractivity contribution is 5.09. The molecule has 0 aliphatic heterocycles.